The predicted molar refractivity (Wildman–Crippen MR) is 77.3 cm³/mol. The van der Waals surface area contributed by atoms with E-state index in [0.29, 0.717) is 5.56 Å². The number of pyridine rings is 1. The first-order valence-electron chi connectivity index (χ1n) is 6.29. The molecule has 0 aliphatic heterocycles. The van der Waals surface area contributed by atoms with Crippen LogP contribution in [0, 0.1) is 0 Å². The van der Waals surface area contributed by atoms with Crippen LogP contribution in [0.4, 0.5) is 5.69 Å². The Kier molecular flexibility index (Phi) is 3.65. The maximum atomic E-state index is 12.2. The van der Waals surface area contributed by atoms with Gasteiger partial charge in [-0.1, -0.05) is 39.0 Å². The quantitative estimate of drug-likeness (QED) is 0.889. The van der Waals surface area contributed by atoms with Crippen LogP contribution in [-0.4, -0.2) is 10.9 Å². The maximum absolute atomic E-state index is 12.2. The van der Waals surface area contributed by atoms with Gasteiger partial charge in [-0.15, -0.1) is 0 Å². The molecule has 0 atom stereocenters. The minimum absolute atomic E-state index is 0.0118. The Labute approximate surface area is 113 Å². The van der Waals surface area contributed by atoms with Gasteiger partial charge in [0.15, 0.2) is 0 Å². The van der Waals surface area contributed by atoms with Crippen LogP contribution in [0.3, 0.4) is 0 Å². The van der Waals surface area contributed by atoms with E-state index in [1.165, 1.54) is 0 Å². The minimum Gasteiger partial charge on any atom is -0.322 e. The maximum Gasteiger partial charge on any atom is 0.255 e. The highest BCUT2D eigenvalue weighted by Gasteiger charge is 2.18. The molecule has 2 rings (SSSR count). The Morgan fingerprint density at radius 3 is 2.32 bits per heavy atom. The number of nitrogens with zero attached hydrogens (tertiary/aromatic N) is 1. The van der Waals surface area contributed by atoms with Gasteiger partial charge in [0.05, 0.1) is 0 Å². The Balaban J connectivity index is 2.28. The second kappa shape index (κ2) is 5.22. The molecule has 1 heterocycles. The van der Waals surface area contributed by atoms with Gasteiger partial charge >= 0.3 is 0 Å². The number of aromatic nitrogens is 1. The molecule has 3 heteroatoms. The number of hydrogen-bond donors (Lipinski definition) is 1. The zero-order chi connectivity index (χ0) is 13.9. The molecule has 19 heavy (non-hydrogen) atoms. The highest BCUT2D eigenvalue weighted by Crippen LogP contribution is 2.29. The standard InChI is InChI=1S/C16H18N2O/c1-16(2,3)13-6-4-5-7-14(13)18-15(19)12-8-10-17-11-9-12/h4-11H,1-3H3,(H,18,19). The molecule has 0 unspecified atom stereocenters. The third-order valence-electron chi connectivity index (χ3n) is 2.93. The van der Waals surface area contributed by atoms with Crippen LogP contribution in [0.1, 0.15) is 36.7 Å². The van der Waals surface area contributed by atoms with E-state index in [2.05, 4.69) is 31.1 Å². The van der Waals surface area contributed by atoms with E-state index in [1.54, 1.807) is 24.5 Å². The number of carbonyl (C=O) groups excluding carboxylic acids is 1. The van der Waals surface area contributed by atoms with Crippen molar-refractivity contribution in [2.75, 3.05) is 5.32 Å². The van der Waals surface area contributed by atoms with Crippen molar-refractivity contribution in [3.63, 3.8) is 0 Å². The van der Waals surface area contributed by atoms with Crippen molar-refractivity contribution in [3.8, 4) is 0 Å². The van der Waals surface area contributed by atoms with Gasteiger partial charge in [-0.25, -0.2) is 0 Å². The van der Waals surface area contributed by atoms with Crippen molar-refractivity contribution >= 4 is 11.6 Å². The summed E-state index contributed by atoms with van der Waals surface area (Å²) < 4.78 is 0. The monoisotopic (exact) mass is 254 g/mol. The van der Waals surface area contributed by atoms with Gasteiger partial charge in [-0.05, 0) is 29.2 Å². The van der Waals surface area contributed by atoms with Crippen molar-refractivity contribution < 1.29 is 4.79 Å². The van der Waals surface area contributed by atoms with Crippen molar-refractivity contribution in [3.05, 3.63) is 59.9 Å². The number of anilines is 1. The van der Waals surface area contributed by atoms with Gasteiger partial charge in [0, 0.05) is 23.6 Å². The summed E-state index contributed by atoms with van der Waals surface area (Å²) in [6.07, 6.45) is 3.23. The zero-order valence-corrected chi connectivity index (χ0v) is 11.5. The molecule has 2 aromatic rings. The molecule has 0 spiro atoms. The first-order valence-corrected chi connectivity index (χ1v) is 6.29. The van der Waals surface area contributed by atoms with Crippen LogP contribution in [-0.2, 0) is 5.41 Å². The summed E-state index contributed by atoms with van der Waals surface area (Å²) in [5, 5.41) is 2.97. The molecule has 0 aliphatic rings. The van der Waals surface area contributed by atoms with Crippen molar-refractivity contribution in [2.24, 2.45) is 0 Å². The van der Waals surface area contributed by atoms with E-state index in [4.69, 9.17) is 0 Å². The Hall–Kier alpha value is -2.16. The Bertz CT molecular complexity index is 571. The molecule has 0 bridgehead atoms. The summed E-state index contributed by atoms with van der Waals surface area (Å²) >= 11 is 0. The van der Waals surface area contributed by atoms with Crippen LogP contribution in [0.2, 0.25) is 0 Å². The molecule has 1 amide bonds. The number of nitrogens with one attached hydrogen (secondary N) is 1. The lowest BCUT2D eigenvalue weighted by Crippen LogP contribution is -2.18. The number of rotatable bonds is 2. The molecular formula is C16H18N2O. The van der Waals surface area contributed by atoms with E-state index in [-0.39, 0.29) is 11.3 Å². The van der Waals surface area contributed by atoms with Crippen molar-refractivity contribution in [2.45, 2.75) is 26.2 Å². The molecular weight excluding hydrogens is 236 g/mol. The van der Waals surface area contributed by atoms with E-state index in [0.717, 1.165) is 11.3 Å². The van der Waals surface area contributed by atoms with Gasteiger partial charge < -0.3 is 5.32 Å². The first-order chi connectivity index (χ1) is 8.98. The van der Waals surface area contributed by atoms with Crippen molar-refractivity contribution in [1.82, 2.24) is 4.98 Å². The molecule has 3 nitrogen and oxygen atoms in total. The molecule has 0 radical (unpaired) electrons. The van der Waals surface area contributed by atoms with Crippen LogP contribution in [0.15, 0.2) is 48.8 Å². The number of amides is 1. The molecule has 0 saturated carbocycles. The third-order valence-corrected chi connectivity index (χ3v) is 2.93. The largest absolute Gasteiger partial charge is 0.322 e. The number of hydrogen-bond acceptors (Lipinski definition) is 2. The Morgan fingerprint density at radius 2 is 1.68 bits per heavy atom. The summed E-state index contributed by atoms with van der Waals surface area (Å²) in [6.45, 7) is 6.39. The van der Waals surface area contributed by atoms with Crippen LogP contribution in [0.25, 0.3) is 0 Å². The smallest absolute Gasteiger partial charge is 0.255 e. The molecule has 98 valence electrons. The van der Waals surface area contributed by atoms with E-state index in [1.807, 2.05) is 24.3 Å². The molecule has 1 N–H and O–H groups in total. The zero-order valence-electron chi connectivity index (χ0n) is 11.5. The third kappa shape index (κ3) is 3.19. The summed E-state index contributed by atoms with van der Waals surface area (Å²) in [5.41, 5.74) is 2.58. The predicted octanol–water partition coefficient (Wildman–Crippen LogP) is 3.63. The summed E-state index contributed by atoms with van der Waals surface area (Å²) in [7, 11) is 0. The van der Waals surface area contributed by atoms with Gasteiger partial charge in [-0.2, -0.15) is 0 Å². The minimum atomic E-state index is -0.112. The van der Waals surface area contributed by atoms with Crippen LogP contribution < -0.4 is 5.32 Å². The van der Waals surface area contributed by atoms with Gasteiger partial charge in [0.2, 0.25) is 0 Å². The average molecular weight is 254 g/mol. The average Bonchev–Trinajstić information content (AvgIpc) is 2.39. The number of carbonyl (C=O) groups is 1. The second-order valence-corrected chi connectivity index (χ2v) is 5.49. The molecule has 1 aromatic carbocycles. The fourth-order valence-corrected chi connectivity index (χ4v) is 1.94. The van der Waals surface area contributed by atoms with Gasteiger partial charge in [0.1, 0.15) is 0 Å². The highest BCUT2D eigenvalue weighted by molar-refractivity contribution is 6.04. The molecule has 0 fully saturated rings. The second-order valence-electron chi connectivity index (χ2n) is 5.49. The molecule has 1 aromatic heterocycles. The fraction of sp³-hybridized carbons (Fsp3) is 0.250. The lowest BCUT2D eigenvalue weighted by atomic mass is 9.86. The summed E-state index contributed by atoms with van der Waals surface area (Å²) in [6, 6.07) is 11.3. The topological polar surface area (TPSA) is 42.0 Å². The first kappa shape index (κ1) is 13.3. The number of benzene rings is 1. The summed E-state index contributed by atoms with van der Waals surface area (Å²) in [5.74, 6) is -0.112. The highest BCUT2D eigenvalue weighted by atomic mass is 16.1. The van der Waals surface area contributed by atoms with E-state index in [9.17, 15) is 4.79 Å². The molecule has 0 aliphatic carbocycles. The van der Waals surface area contributed by atoms with Crippen LogP contribution >= 0.6 is 0 Å². The lowest BCUT2D eigenvalue weighted by molar-refractivity contribution is 0.102. The summed E-state index contributed by atoms with van der Waals surface area (Å²) in [4.78, 5) is 16.1. The fourth-order valence-electron chi connectivity index (χ4n) is 1.94. The van der Waals surface area contributed by atoms with Crippen LogP contribution in [0.5, 0.6) is 0 Å². The van der Waals surface area contributed by atoms with E-state index < -0.39 is 0 Å². The SMILES string of the molecule is CC(C)(C)c1ccccc1NC(=O)c1ccncc1. The van der Waals surface area contributed by atoms with Gasteiger partial charge in [0.25, 0.3) is 5.91 Å². The van der Waals surface area contributed by atoms with E-state index >= 15 is 0 Å². The lowest BCUT2D eigenvalue weighted by Gasteiger charge is -2.23. The van der Waals surface area contributed by atoms with Gasteiger partial charge in [-0.3, -0.25) is 9.78 Å². The Morgan fingerprint density at radius 1 is 1.05 bits per heavy atom. The molecule has 0 saturated heterocycles. The normalized spacial score (nSPS) is 11.1. The number of para-hydroxylation sites is 1. The van der Waals surface area contributed by atoms with Crippen molar-refractivity contribution in [1.29, 1.82) is 0 Å².